The molecule has 1 saturated heterocycles. The van der Waals surface area contributed by atoms with Gasteiger partial charge in [-0.05, 0) is 0 Å². The Morgan fingerprint density at radius 2 is 2.22 bits per heavy atom. The summed E-state index contributed by atoms with van der Waals surface area (Å²) >= 11 is 0. The number of amides is 1. The zero-order valence-electron chi connectivity index (χ0n) is 10.6. The Hall–Kier alpha value is -1.85. The second-order valence-electron chi connectivity index (χ2n) is 5.54. The molecule has 0 aromatic carbocycles. The summed E-state index contributed by atoms with van der Waals surface area (Å²) in [6, 6.07) is 1.70. The van der Waals surface area contributed by atoms with Crippen molar-refractivity contribution in [2.45, 2.75) is 32.6 Å². The summed E-state index contributed by atoms with van der Waals surface area (Å²) in [6.45, 7) is 6.11. The molecule has 1 amide bonds. The molecule has 1 aromatic rings. The molecule has 1 N–H and O–H groups in total. The average molecular weight is 252 g/mol. The molecule has 18 heavy (non-hydrogen) atoms. The lowest BCUT2D eigenvalue weighted by Crippen LogP contribution is -2.25. The van der Waals surface area contributed by atoms with Gasteiger partial charge in [-0.25, -0.2) is 0 Å². The highest BCUT2D eigenvalue weighted by Crippen LogP contribution is 2.29. The van der Waals surface area contributed by atoms with Gasteiger partial charge in [0.2, 0.25) is 11.8 Å². The summed E-state index contributed by atoms with van der Waals surface area (Å²) in [6.07, 6.45) is 0.0148. The molecule has 0 bridgehead atoms. The molecule has 1 aromatic heterocycles. The quantitative estimate of drug-likeness (QED) is 0.860. The summed E-state index contributed by atoms with van der Waals surface area (Å²) < 4.78 is 5.14. The predicted octanol–water partition coefficient (Wildman–Crippen LogP) is 1.41. The van der Waals surface area contributed by atoms with E-state index in [4.69, 9.17) is 9.63 Å². The van der Waals surface area contributed by atoms with Crippen LogP contribution in [-0.2, 0) is 15.0 Å². The molecule has 0 aliphatic carbocycles. The fraction of sp³-hybridized carbons (Fsp3) is 0.583. The summed E-state index contributed by atoms with van der Waals surface area (Å²) in [5, 5.41) is 12.8. The van der Waals surface area contributed by atoms with E-state index >= 15 is 0 Å². The number of rotatable bonds is 2. The van der Waals surface area contributed by atoms with Gasteiger partial charge < -0.3 is 9.63 Å². The van der Waals surface area contributed by atoms with Gasteiger partial charge in [-0.15, -0.1) is 0 Å². The Kier molecular flexibility index (Phi) is 2.88. The van der Waals surface area contributed by atoms with Gasteiger partial charge in [-0.3, -0.25) is 14.5 Å². The van der Waals surface area contributed by atoms with Crippen LogP contribution in [0.3, 0.4) is 0 Å². The molecule has 1 aliphatic heterocycles. The third kappa shape index (κ3) is 2.23. The molecule has 1 atom stereocenters. The maximum Gasteiger partial charge on any atom is 0.308 e. The van der Waals surface area contributed by atoms with E-state index in [0.29, 0.717) is 5.88 Å². The van der Waals surface area contributed by atoms with Crippen LogP contribution >= 0.6 is 0 Å². The maximum absolute atomic E-state index is 11.7. The SMILES string of the molecule is CC(C)(C)c1cc(N2CC(C(=O)O)CC2=O)on1. The van der Waals surface area contributed by atoms with Crippen molar-refractivity contribution in [3.8, 4) is 0 Å². The molecular weight excluding hydrogens is 236 g/mol. The van der Waals surface area contributed by atoms with E-state index in [1.165, 1.54) is 4.90 Å². The van der Waals surface area contributed by atoms with Crippen LogP contribution in [0.2, 0.25) is 0 Å². The molecular formula is C12H16N2O4. The minimum Gasteiger partial charge on any atom is -0.481 e. The highest BCUT2D eigenvalue weighted by Gasteiger charge is 2.37. The number of nitrogens with zero attached hydrogens (tertiary/aromatic N) is 2. The van der Waals surface area contributed by atoms with Gasteiger partial charge in [-0.1, -0.05) is 25.9 Å². The van der Waals surface area contributed by atoms with Crippen LogP contribution in [0.5, 0.6) is 0 Å². The fourth-order valence-electron chi connectivity index (χ4n) is 1.83. The Morgan fingerprint density at radius 1 is 1.56 bits per heavy atom. The molecule has 98 valence electrons. The molecule has 1 aliphatic rings. The van der Waals surface area contributed by atoms with Crippen molar-refractivity contribution in [1.29, 1.82) is 0 Å². The summed E-state index contributed by atoms with van der Waals surface area (Å²) in [5.41, 5.74) is 0.570. The molecule has 6 nitrogen and oxygen atoms in total. The summed E-state index contributed by atoms with van der Waals surface area (Å²) in [4.78, 5) is 23.9. The number of carboxylic acid groups (broad SMARTS) is 1. The van der Waals surface area contributed by atoms with Gasteiger partial charge in [0, 0.05) is 24.4 Å². The molecule has 1 fully saturated rings. The zero-order chi connectivity index (χ0) is 13.5. The Bertz CT molecular complexity index is 487. The highest BCUT2D eigenvalue weighted by atomic mass is 16.5. The van der Waals surface area contributed by atoms with Crippen LogP contribution in [0.4, 0.5) is 5.88 Å². The van der Waals surface area contributed by atoms with Crippen molar-refractivity contribution in [3.05, 3.63) is 11.8 Å². The standard InChI is InChI=1S/C12H16N2O4/c1-12(2,3)8-5-10(18-13-8)14-6-7(11(16)17)4-9(14)15/h5,7H,4,6H2,1-3H3,(H,16,17). The molecule has 0 radical (unpaired) electrons. The number of aliphatic carboxylic acids is 1. The lowest BCUT2D eigenvalue weighted by molar-refractivity contribution is -0.141. The summed E-state index contributed by atoms with van der Waals surface area (Å²) in [5.74, 6) is -1.53. The second-order valence-corrected chi connectivity index (χ2v) is 5.54. The summed E-state index contributed by atoms with van der Waals surface area (Å²) in [7, 11) is 0. The third-order valence-corrected chi connectivity index (χ3v) is 3.01. The van der Waals surface area contributed by atoms with Crippen molar-refractivity contribution >= 4 is 17.8 Å². The van der Waals surface area contributed by atoms with Gasteiger partial charge in [0.15, 0.2) is 0 Å². The first-order valence-corrected chi connectivity index (χ1v) is 5.79. The lowest BCUT2D eigenvalue weighted by atomic mass is 9.92. The number of carbonyl (C=O) groups excluding carboxylic acids is 1. The minimum absolute atomic E-state index is 0.0148. The molecule has 2 rings (SSSR count). The van der Waals surface area contributed by atoms with E-state index in [2.05, 4.69) is 5.16 Å². The van der Waals surface area contributed by atoms with Gasteiger partial charge >= 0.3 is 5.97 Å². The third-order valence-electron chi connectivity index (χ3n) is 3.01. The van der Waals surface area contributed by atoms with E-state index in [-0.39, 0.29) is 24.3 Å². The topological polar surface area (TPSA) is 83.6 Å². The normalized spacial score (nSPS) is 20.5. The first kappa shape index (κ1) is 12.6. The van der Waals surface area contributed by atoms with Gasteiger partial charge in [0.25, 0.3) is 0 Å². The molecule has 6 heteroatoms. The van der Waals surface area contributed by atoms with Crippen molar-refractivity contribution in [3.63, 3.8) is 0 Å². The van der Waals surface area contributed by atoms with Crippen LogP contribution in [0.1, 0.15) is 32.9 Å². The Balaban J connectivity index is 2.20. The maximum atomic E-state index is 11.7. The van der Waals surface area contributed by atoms with E-state index in [9.17, 15) is 9.59 Å². The number of hydrogen-bond donors (Lipinski definition) is 1. The molecule has 0 spiro atoms. The van der Waals surface area contributed by atoms with E-state index in [1.54, 1.807) is 6.07 Å². The van der Waals surface area contributed by atoms with Gasteiger partial charge in [0.05, 0.1) is 11.6 Å². The minimum atomic E-state index is -0.957. The molecule has 1 unspecified atom stereocenters. The predicted molar refractivity (Wildman–Crippen MR) is 63.3 cm³/mol. The number of hydrogen-bond acceptors (Lipinski definition) is 4. The lowest BCUT2D eigenvalue weighted by Gasteiger charge is -2.13. The van der Waals surface area contributed by atoms with Crippen LogP contribution in [0.15, 0.2) is 10.6 Å². The number of carbonyl (C=O) groups is 2. The fourth-order valence-corrected chi connectivity index (χ4v) is 1.83. The van der Waals surface area contributed by atoms with Crippen LogP contribution < -0.4 is 4.90 Å². The van der Waals surface area contributed by atoms with E-state index in [1.807, 2.05) is 20.8 Å². The molecule has 0 saturated carbocycles. The monoisotopic (exact) mass is 252 g/mol. The first-order chi connectivity index (χ1) is 8.29. The van der Waals surface area contributed by atoms with Crippen molar-refractivity contribution < 1.29 is 19.2 Å². The van der Waals surface area contributed by atoms with Crippen molar-refractivity contribution in [2.24, 2.45) is 5.92 Å². The second kappa shape index (κ2) is 4.12. The van der Waals surface area contributed by atoms with Gasteiger partial charge in [-0.2, -0.15) is 0 Å². The van der Waals surface area contributed by atoms with E-state index in [0.717, 1.165) is 5.69 Å². The van der Waals surface area contributed by atoms with Crippen molar-refractivity contribution in [1.82, 2.24) is 5.16 Å². The van der Waals surface area contributed by atoms with Crippen molar-refractivity contribution in [2.75, 3.05) is 11.4 Å². The largest absolute Gasteiger partial charge is 0.481 e. The number of anilines is 1. The van der Waals surface area contributed by atoms with Crippen LogP contribution in [0.25, 0.3) is 0 Å². The zero-order valence-corrected chi connectivity index (χ0v) is 10.6. The van der Waals surface area contributed by atoms with E-state index < -0.39 is 11.9 Å². The van der Waals surface area contributed by atoms with Crippen LogP contribution in [-0.4, -0.2) is 28.7 Å². The first-order valence-electron chi connectivity index (χ1n) is 5.79. The number of carboxylic acids is 1. The Morgan fingerprint density at radius 3 is 2.67 bits per heavy atom. The molecule has 2 heterocycles. The van der Waals surface area contributed by atoms with Crippen LogP contribution in [0, 0.1) is 5.92 Å². The highest BCUT2D eigenvalue weighted by molar-refractivity contribution is 5.98. The smallest absolute Gasteiger partial charge is 0.308 e. The Labute approximate surface area is 105 Å². The number of aromatic nitrogens is 1. The van der Waals surface area contributed by atoms with Gasteiger partial charge in [0.1, 0.15) is 0 Å². The average Bonchev–Trinajstić information content (AvgIpc) is 2.81.